The van der Waals surface area contributed by atoms with Crippen molar-refractivity contribution in [1.29, 1.82) is 0 Å². The van der Waals surface area contributed by atoms with Gasteiger partial charge in [-0.1, -0.05) is 0 Å². The molecule has 1 spiro atoms. The Morgan fingerprint density at radius 2 is 2.22 bits per heavy atom. The molecular formula is C14H18FNO2. The van der Waals surface area contributed by atoms with Gasteiger partial charge in [0.25, 0.3) is 0 Å². The zero-order valence-corrected chi connectivity index (χ0v) is 10.3. The maximum atomic E-state index is 13.2. The minimum absolute atomic E-state index is 0.0327. The van der Waals surface area contributed by atoms with E-state index in [1.165, 1.54) is 18.6 Å². The summed E-state index contributed by atoms with van der Waals surface area (Å²) in [5, 5.41) is 0. The summed E-state index contributed by atoms with van der Waals surface area (Å²) in [6, 6.07) is 4.25. The fourth-order valence-corrected chi connectivity index (χ4v) is 2.79. The molecule has 1 unspecified atom stereocenters. The first kappa shape index (κ1) is 11.8. The van der Waals surface area contributed by atoms with Gasteiger partial charge in [-0.2, -0.15) is 0 Å². The van der Waals surface area contributed by atoms with E-state index in [1.807, 2.05) is 0 Å². The van der Waals surface area contributed by atoms with Crippen molar-refractivity contribution in [2.75, 3.05) is 12.3 Å². The largest absolute Gasteiger partial charge is 0.488 e. The van der Waals surface area contributed by atoms with E-state index < -0.39 is 0 Å². The molecule has 0 amide bonds. The second-order valence-electron chi connectivity index (χ2n) is 5.30. The molecule has 1 aromatic carbocycles. The van der Waals surface area contributed by atoms with Crippen molar-refractivity contribution in [3.63, 3.8) is 0 Å². The Balaban J connectivity index is 1.70. The first-order chi connectivity index (χ1) is 8.67. The lowest BCUT2D eigenvalue weighted by Gasteiger charge is -2.46. The lowest BCUT2D eigenvalue weighted by molar-refractivity contribution is -0.153. The lowest BCUT2D eigenvalue weighted by Crippen LogP contribution is -2.48. The van der Waals surface area contributed by atoms with Crippen molar-refractivity contribution >= 4 is 5.69 Å². The van der Waals surface area contributed by atoms with Crippen molar-refractivity contribution in [2.45, 2.75) is 43.8 Å². The number of hydrogen-bond donors (Lipinski definition) is 1. The fourth-order valence-electron chi connectivity index (χ4n) is 2.79. The number of hydrogen-bond acceptors (Lipinski definition) is 3. The molecule has 98 valence electrons. The monoisotopic (exact) mass is 251 g/mol. The molecule has 0 radical (unpaired) electrons. The molecule has 2 aliphatic rings. The molecule has 3 rings (SSSR count). The topological polar surface area (TPSA) is 44.5 Å². The van der Waals surface area contributed by atoms with E-state index in [1.54, 1.807) is 6.07 Å². The minimum Gasteiger partial charge on any atom is -0.488 e. The van der Waals surface area contributed by atoms with Gasteiger partial charge in [0.15, 0.2) is 0 Å². The van der Waals surface area contributed by atoms with Crippen LogP contribution in [0.4, 0.5) is 10.1 Å². The zero-order valence-electron chi connectivity index (χ0n) is 10.3. The highest BCUT2D eigenvalue weighted by Crippen LogP contribution is 2.43. The van der Waals surface area contributed by atoms with Crippen molar-refractivity contribution in [3.05, 3.63) is 24.0 Å². The Kier molecular flexibility index (Phi) is 2.90. The molecule has 3 nitrogen and oxygen atoms in total. The van der Waals surface area contributed by atoms with Crippen LogP contribution >= 0.6 is 0 Å². The third kappa shape index (κ3) is 2.17. The third-order valence-corrected chi connectivity index (χ3v) is 3.98. The summed E-state index contributed by atoms with van der Waals surface area (Å²) in [6.07, 6.45) is 5.29. The number of rotatable bonds is 2. The normalized spacial score (nSPS) is 25.7. The first-order valence-electron chi connectivity index (χ1n) is 6.53. The van der Waals surface area contributed by atoms with Crippen LogP contribution in [0.15, 0.2) is 18.2 Å². The molecule has 2 N–H and O–H groups in total. The molecular weight excluding hydrogens is 233 g/mol. The molecule has 18 heavy (non-hydrogen) atoms. The molecule has 1 aliphatic heterocycles. The number of benzene rings is 1. The van der Waals surface area contributed by atoms with Crippen LogP contribution in [0, 0.1) is 5.82 Å². The molecule has 0 bridgehead atoms. The standard InChI is InChI=1S/C14H18FNO2/c15-10-2-3-12(16)13(8-10)18-11-4-7-17-14(9-11)5-1-6-14/h2-3,8,11H,1,4-7,9,16H2. The Morgan fingerprint density at radius 3 is 2.94 bits per heavy atom. The molecule has 1 atom stereocenters. The summed E-state index contributed by atoms with van der Waals surface area (Å²) in [7, 11) is 0. The summed E-state index contributed by atoms with van der Waals surface area (Å²) >= 11 is 0. The Morgan fingerprint density at radius 1 is 1.39 bits per heavy atom. The van der Waals surface area contributed by atoms with Gasteiger partial charge in [-0.25, -0.2) is 4.39 Å². The van der Waals surface area contributed by atoms with Gasteiger partial charge in [0.1, 0.15) is 17.7 Å². The van der Waals surface area contributed by atoms with Crippen LogP contribution in [0.5, 0.6) is 5.75 Å². The van der Waals surface area contributed by atoms with Crippen LogP contribution in [-0.2, 0) is 4.74 Å². The Labute approximate surface area is 106 Å². The van der Waals surface area contributed by atoms with Gasteiger partial charge in [-0.05, 0) is 31.4 Å². The van der Waals surface area contributed by atoms with Crippen molar-refractivity contribution in [2.24, 2.45) is 0 Å². The smallest absolute Gasteiger partial charge is 0.145 e. The number of halogens is 1. The maximum absolute atomic E-state index is 13.2. The average molecular weight is 251 g/mol. The van der Waals surface area contributed by atoms with Crippen LogP contribution < -0.4 is 10.5 Å². The molecule has 1 heterocycles. The Bertz CT molecular complexity index is 445. The van der Waals surface area contributed by atoms with Gasteiger partial charge >= 0.3 is 0 Å². The van der Waals surface area contributed by atoms with E-state index in [9.17, 15) is 4.39 Å². The number of nitrogen functional groups attached to an aromatic ring is 1. The van der Waals surface area contributed by atoms with E-state index in [2.05, 4.69) is 0 Å². The van der Waals surface area contributed by atoms with Crippen molar-refractivity contribution < 1.29 is 13.9 Å². The van der Waals surface area contributed by atoms with Crippen LogP contribution in [0.1, 0.15) is 32.1 Å². The van der Waals surface area contributed by atoms with E-state index in [0.717, 1.165) is 32.3 Å². The van der Waals surface area contributed by atoms with Gasteiger partial charge in [0.05, 0.1) is 17.9 Å². The van der Waals surface area contributed by atoms with Gasteiger partial charge in [0, 0.05) is 18.9 Å². The summed E-state index contributed by atoms with van der Waals surface area (Å²) in [5.74, 6) is 0.140. The SMILES string of the molecule is Nc1ccc(F)cc1OC1CCOC2(CCC2)C1. The van der Waals surface area contributed by atoms with Crippen LogP contribution in [0.25, 0.3) is 0 Å². The first-order valence-corrected chi connectivity index (χ1v) is 6.53. The van der Waals surface area contributed by atoms with Crippen molar-refractivity contribution in [1.82, 2.24) is 0 Å². The number of ether oxygens (including phenoxy) is 2. The second kappa shape index (κ2) is 4.43. The molecule has 1 saturated heterocycles. The highest BCUT2D eigenvalue weighted by Gasteiger charge is 2.43. The predicted molar refractivity (Wildman–Crippen MR) is 67.0 cm³/mol. The van der Waals surface area contributed by atoms with E-state index >= 15 is 0 Å². The summed E-state index contributed by atoms with van der Waals surface area (Å²) < 4.78 is 24.9. The molecule has 2 fully saturated rings. The van der Waals surface area contributed by atoms with Crippen LogP contribution in [0.3, 0.4) is 0 Å². The van der Waals surface area contributed by atoms with Crippen LogP contribution in [-0.4, -0.2) is 18.3 Å². The van der Waals surface area contributed by atoms with Gasteiger partial charge < -0.3 is 15.2 Å². The lowest BCUT2D eigenvalue weighted by atomic mass is 9.74. The second-order valence-corrected chi connectivity index (χ2v) is 5.30. The molecule has 0 aromatic heterocycles. The Hall–Kier alpha value is -1.29. The van der Waals surface area contributed by atoms with Gasteiger partial charge in [-0.3, -0.25) is 0 Å². The molecule has 1 saturated carbocycles. The summed E-state index contributed by atoms with van der Waals surface area (Å²) in [6.45, 7) is 0.722. The third-order valence-electron chi connectivity index (χ3n) is 3.98. The molecule has 4 heteroatoms. The van der Waals surface area contributed by atoms with E-state index in [4.69, 9.17) is 15.2 Å². The fraction of sp³-hybridized carbons (Fsp3) is 0.571. The predicted octanol–water partition coefficient (Wildman–Crippen LogP) is 2.89. The number of anilines is 1. The maximum Gasteiger partial charge on any atom is 0.145 e. The highest BCUT2D eigenvalue weighted by molar-refractivity contribution is 5.52. The van der Waals surface area contributed by atoms with Gasteiger partial charge in [0.2, 0.25) is 0 Å². The molecule has 1 aromatic rings. The van der Waals surface area contributed by atoms with Crippen LogP contribution in [0.2, 0.25) is 0 Å². The van der Waals surface area contributed by atoms with E-state index in [-0.39, 0.29) is 17.5 Å². The number of nitrogens with two attached hydrogens (primary N) is 1. The van der Waals surface area contributed by atoms with Crippen molar-refractivity contribution in [3.8, 4) is 5.75 Å². The minimum atomic E-state index is -0.315. The average Bonchev–Trinajstić information content (AvgIpc) is 2.32. The quantitative estimate of drug-likeness (QED) is 0.822. The zero-order chi connectivity index (χ0) is 12.6. The van der Waals surface area contributed by atoms with E-state index in [0.29, 0.717) is 11.4 Å². The van der Waals surface area contributed by atoms with Gasteiger partial charge in [-0.15, -0.1) is 0 Å². The summed E-state index contributed by atoms with van der Waals surface area (Å²) in [5.41, 5.74) is 6.32. The summed E-state index contributed by atoms with van der Waals surface area (Å²) in [4.78, 5) is 0. The molecule has 1 aliphatic carbocycles. The highest BCUT2D eigenvalue weighted by atomic mass is 19.1.